The van der Waals surface area contributed by atoms with Gasteiger partial charge in [-0.25, -0.2) is 0 Å². The number of nitrogens with zero attached hydrogens (tertiary/aromatic N) is 3. The molecule has 2 bridgehead atoms. The van der Waals surface area contributed by atoms with Crippen LogP contribution >= 0.6 is 0 Å². The molecule has 1 spiro atoms. The molecular weight excluding hydrogens is 456 g/mol. The molecule has 6 unspecified atom stereocenters. The zero-order valence-electron chi connectivity index (χ0n) is 19.8. The lowest BCUT2D eigenvalue weighted by Gasteiger charge is -2.58. The predicted molar refractivity (Wildman–Crippen MR) is 135 cm³/mol. The summed E-state index contributed by atoms with van der Waals surface area (Å²) in [6.45, 7) is 2.72. The van der Waals surface area contributed by atoms with E-state index in [1.54, 1.807) is 12.2 Å². The molecule has 1 saturated carbocycles. The average Bonchev–Trinajstić information content (AvgIpc) is 3.35. The predicted octanol–water partition coefficient (Wildman–Crippen LogP) is 2.96. The molecule has 3 saturated heterocycles. The van der Waals surface area contributed by atoms with Crippen LogP contribution in [0.3, 0.4) is 0 Å². The lowest BCUT2D eigenvalue weighted by molar-refractivity contribution is -0.377. The number of anilines is 2. The minimum atomic E-state index is -0.388. The molecule has 8 heteroatoms. The Hall–Kier alpha value is -3.36. The molecular formula is C28H27N4O4-. The maximum atomic E-state index is 13.6. The van der Waals surface area contributed by atoms with E-state index in [1.807, 2.05) is 12.3 Å². The maximum absolute atomic E-state index is 13.6. The van der Waals surface area contributed by atoms with E-state index >= 15 is 0 Å². The van der Waals surface area contributed by atoms with Crippen molar-refractivity contribution in [1.29, 1.82) is 0 Å². The van der Waals surface area contributed by atoms with E-state index in [4.69, 9.17) is 4.74 Å². The maximum Gasteiger partial charge on any atom is 0.229 e. The van der Waals surface area contributed by atoms with Crippen molar-refractivity contribution in [1.82, 2.24) is 4.90 Å². The Bertz CT molecular complexity index is 1340. The summed E-state index contributed by atoms with van der Waals surface area (Å²) in [7, 11) is 0. The second kappa shape index (κ2) is 7.11. The molecule has 5 aliphatic heterocycles. The molecule has 184 valence electrons. The summed E-state index contributed by atoms with van der Waals surface area (Å²) in [5.74, 6) is 1.05. The van der Waals surface area contributed by atoms with Crippen molar-refractivity contribution in [2.24, 2.45) is 11.8 Å². The molecule has 1 amide bonds. The van der Waals surface area contributed by atoms with Crippen LogP contribution in [0.1, 0.15) is 24.8 Å². The number of hydrogen-bond acceptors (Lipinski definition) is 6. The number of rotatable bonds is 2. The number of fused-ring (bicyclic) bond motifs is 2. The van der Waals surface area contributed by atoms with Crippen molar-refractivity contribution < 1.29 is 14.4 Å². The van der Waals surface area contributed by atoms with Crippen LogP contribution in [-0.4, -0.2) is 59.3 Å². The smallest absolute Gasteiger partial charge is 0.229 e. The molecule has 0 aromatic heterocycles. The molecule has 2 aliphatic carbocycles. The second-order valence-corrected chi connectivity index (χ2v) is 11.1. The SMILES string of the molecule is O=C1CC2OCC=C3CN4CCC56c7cc(NC=C8C=CC(=[N+]([O-])[O-])C=C8)ccc7N1C5C2C3CC46. The van der Waals surface area contributed by atoms with E-state index in [2.05, 4.69) is 33.3 Å². The second-order valence-electron chi connectivity index (χ2n) is 11.1. The fraction of sp³-hybridized carbons (Fsp3) is 0.429. The van der Waals surface area contributed by atoms with Gasteiger partial charge in [-0.3, -0.25) is 9.69 Å². The van der Waals surface area contributed by atoms with E-state index in [1.165, 1.54) is 23.3 Å². The standard InChI is InChI=1S/C28H27N4O4/c33-25-13-23-26-20-12-24-28(8-9-30(24)15-17(20)7-10-36-23)21-11-18(3-6-22(21)31(25)27(26)28)29-14-16-1-4-19(5-2-16)32(34)35/h1-7,11,14,20,23-24,26-27,29H,8-10,12-13,15H2/q-1. The van der Waals surface area contributed by atoms with Crippen LogP contribution in [0.5, 0.6) is 0 Å². The van der Waals surface area contributed by atoms with Gasteiger partial charge in [0.05, 0.1) is 25.2 Å². The monoisotopic (exact) mass is 483 g/mol. The van der Waals surface area contributed by atoms with Crippen LogP contribution in [0.25, 0.3) is 0 Å². The first-order valence-corrected chi connectivity index (χ1v) is 12.9. The van der Waals surface area contributed by atoms with Gasteiger partial charge < -0.3 is 25.4 Å². The zero-order chi connectivity index (χ0) is 24.2. The number of allylic oxidation sites excluding steroid dienone is 5. The van der Waals surface area contributed by atoms with Gasteiger partial charge >= 0.3 is 0 Å². The summed E-state index contributed by atoms with van der Waals surface area (Å²) in [5.41, 5.74) is 5.76. The first kappa shape index (κ1) is 20.8. The van der Waals surface area contributed by atoms with Crippen LogP contribution in [0.4, 0.5) is 11.4 Å². The minimum absolute atomic E-state index is 0.00449. The molecule has 0 radical (unpaired) electrons. The van der Waals surface area contributed by atoms with Gasteiger partial charge in [-0.2, -0.15) is 4.90 Å². The molecule has 8 rings (SSSR count). The molecule has 5 heterocycles. The Morgan fingerprint density at radius 2 is 2.06 bits per heavy atom. The van der Waals surface area contributed by atoms with E-state index < -0.39 is 0 Å². The summed E-state index contributed by atoms with van der Waals surface area (Å²) in [6, 6.07) is 7.02. The molecule has 8 nitrogen and oxygen atoms in total. The highest BCUT2D eigenvalue weighted by molar-refractivity contribution is 6.02. The van der Waals surface area contributed by atoms with E-state index in [0.717, 1.165) is 42.9 Å². The van der Waals surface area contributed by atoms with Crippen molar-refractivity contribution >= 4 is 23.0 Å². The Balaban J connectivity index is 1.21. The van der Waals surface area contributed by atoms with Crippen molar-refractivity contribution in [3.05, 3.63) is 81.9 Å². The fourth-order valence-corrected chi connectivity index (χ4v) is 8.50. The first-order chi connectivity index (χ1) is 17.5. The fourth-order valence-electron chi connectivity index (χ4n) is 8.50. The minimum Gasteiger partial charge on any atom is -0.612 e. The van der Waals surface area contributed by atoms with Crippen LogP contribution in [0.15, 0.2) is 65.9 Å². The number of carbonyl (C=O) groups excluding carboxylic acids is 1. The molecule has 7 aliphatic rings. The summed E-state index contributed by atoms with van der Waals surface area (Å²) >= 11 is 0. The van der Waals surface area contributed by atoms with Crippen molar-refractivity contribution in [2.75, 3.05) is 29.9 Å². The number of hydrogen-bond donors (Lipinski definition) is 1. The van der Waals surface area contributed by atoms with Gasteiger partial charge in [-0.15, -0.1) is 0 Å². The quantitative estimate of drug-likeness (QED) is 0.395. The Morgan fingerprint density at radius 3 is 2.89 bits per heavy atom. The highest BCUT2D eigenvalue weighted by Gasteiger charge is 2.71. The van der Waals surface area contributed by atoms with E-state index in [-0.39, 0.29) is 34.1 Å². The summed E-state index contributed by atoms with van der Waals surface area (Å²) < 4.78 is 6.32. The topological polar surface area (TPSA) is 93.9 Å². The van der Waals surface area contributed by atoms with E-state index in [0.29, 0.717) is 30.9 Å². The van der Waals surface area contributed by atoms with Gasteiger partial charge in [-0.05, 0) is 66.8 Å². The van der Waals surface area contributed by atoms with Crippen LogP contribution in [-0.2, 0) is 14.9 Å². The van der Waals surface area contributed by atoms with Crippen LogP contribution < -0.4 is 10.2 Å². The highest BCUT2D eigenvalue weighted by Crippen LogP contribution is 2.65. The first-order valence-electron chi connectivity index (χ1n) is 12.9. The molecule has 1 N–H and O–H groups in total. The summed E-state index contributed by atoms with van der Waals surface area (Å²) in [4.78, 5) is 18.0. The third kappa shape index (κ3) is 2.56. The normalized spacial score (nSPS) is 37.0. The Labute approximate surface area is 209 Å². The molecule has 4 fully saturated rings. The van der Waals surface area contributed by atoms with Gasteiger partial charge in [0.15, 0.2) is 0 Å². The lowest BCUT2D eigenvalue weighted by Crippen LogP contribution is -2.69. The number of carbonyl (C=O) groups is 1. The number of piperidine rings is 2. The third-order valence-corrected chi connectivity index (χ3v) is 9.82. The van der Waals surface area contributed by atoms with Gasteiger partial charge in [-0.1, -0.05) is 11.6 Å². The van der Waals surface area contributed by atoms with Crippen molar-refractivity contribution in [3.8, 4) is 0 Å². The molecule has 36 heavy (non-hydrogen) atoms. The highest BCUT2D eigenvalue weighted by atomic mass is 16.8. The molecule has 1 aromatic rings. The number of ether oxygens (including phenoxy) is 1. The molecule has 1 aromatic carbocycles. The van der Waals surface area contributed by atoms with E-state index in [9.17, 15) is 15.2 Å². The lowest BCUT2D eigenvalue weighted by atomic mass is 9.53. The number of benzene rings is 1. The van der Waals surface area contributed by atoms with Crippen molar-refractivity contribution in [3.63, 3.8) is 0 Å². The third-order valence-electron chi connectivity index (χ3n) is 9.82. The van der Waals surface area contributed by atoms with Crippen LogP contribution in [0.2, 0.25) is 0 Å². The van der Waals surface area contributed by atoms with Gasteiger partial charge in [0, 0.05) is 53.6 Å². The molecule has 6 atom stereocenters. The summed E-state index contributed by atoms with van der Waals surface area (Å²) in [5, 5.41) is 25.3. The van der Waals surface area contributed by atoms with Gasteiger partial charge in [0.1, 0.15) is 0 Å². The number of nitrogens with one attached hydrogen (secondary N) is 1. The zero-order valence-corrected chi connectivity index (χ0v) is 19.8. The van der Waals surface area contributed by atoms with Crippen LogP contribution in [0, 0.1) is 22.3 Å². The summed E-state index contributed by atoms with van der Waals surface area (Å²) in [6.07, 6.45) is 13.4. The van der Waals surface area contributed by atoms with Gasteiger partial charge in [0.2, 0.25) is 11.6 Å². The Kier molecular flexibility index (Phi) is 4.11. The average molecular weight is 484 g/mol. The Morgan fingerprint density at radius 1 is 1.19 bits per heavy atom. The van der Waals surface area contributed by atoms with Crippen molar-refractivity contribution in [2.45, 2.75) is 42.9 Å². The number of amides is 1. The van der Waals surface area contributed by atoms with Gasteiger partial charge in [0.25, 0.3) is 0 Å². The largest absolute Gasteiger partial charge is 0.612 e.